The van der Waals surface area contributed by atoms with Gasteiger partial charge in [0.2, 0.25) is 5.91 Å². The zero-order valence-corrected chi connectivity index (χ0v) is 20.8. The van der Waals surface area contributed by atoms with E-state index in [1.54, 1.807) is 19.1 Å². The highest BCUT2D eigenvalue weighted by Crippen LogP contribution is 2.31. The third-order valence-corrected chi connectivity index (χ3v) is 7.10. The number of halogens is 2. The molecule has 11 nitrogen and oxygen atoms in total. The fourth-order valence-corrected chi connectivity index (χ4v) is 5.19. The minimum Gasteiger partial charge on any atom is -0.394 e. The number of rotatable bonds is 8. The van der Waals surface area contributed by atoms with Crippen LogP contribution in [0.25, 0.3) is 0 Å². The van der Waals surface area contributed by atoms with E-state index in [-0.39, 0.29) is 35.7 Å². The summed E-state index contributed by atoms with van der Waals surface area (Å²) in [5.74, 6) is -1.35. The summed E-state index contributed by atoms with van der Waals surface area (Å²) in [5.41, 5.74) is -0.104. The molecule has 0 aliphatic carbocycles. The van der Waals surface area contributed by atoms with Gasteiger partial charge in [-0.2, -0.15) is 0 Å². The van der Waals surface area contributed by atoms with E-state index in [1.165, 1.54) is 16.8 Å². The number of nitro groups is 1. The molecule has 2 aliphatic rings. The maximum absolute atomic E-state index is 15.0. The van der Waals surface area contributed by atoms with Crippen LogP contribution in [0, 0.1) is 15.9 Å². The Morgan fingerprint density at radius 1 is 1.31 bits per heavy atom. The zero-order chi connectivity index (χ0) is 25.3. The fourth-order valence-electron chi connectivity index (χ4n) is 4.78. The number of aromatic nitrogens is 2. The Labute approximate surface area is 209 Å². The van der Waals surface area contributed by atoms with Gasteiger partial charge in [0.25, 0.3) is 4.73 Å². The first-order valence-corrected chi connectivity index (χ1v) is 12.1. The average molecular weight is 555 g/mol. The van der Waals surface area contributed by atoms with Crippen LogP contribution in [0.4, 0.5) is 15.9 Å². The monoisotopic (exact) mass is 554 g/mol. The van der Waals surface area contributed by atoms with Crippen LogP contribution in [0.3, 0.4) is 0 Å². The highest BCUT2D eigenvalue weighted by molar-refractivity contribution is 9.10. The van der Waals surface area contributed by atoms with E-state index in [0.717, 1.165) is 0 Å². The summed E-state index contributed by atoms with van der Waals surface area (Å²) in [6, 6.07) is 4.56. The number of hydrogen-bond acceptors (Lipinski definition) is 8. The Balaban J connectivity index is 1.34. The van der Waals surface area contributed by atoms with Crippen molar-refractivity contribution in [2.75, 3.05) is 44.2 Å². The zero-order valence-electron chi connectivity index (χ0n) is 19.2. The third-order valence-electron chi connectivity index (χ3n) is 6.47. The van der Waals surface area contributed by atoms with E-state index in [4.69, 9.17) is 0 Å². The highest BCUT2D eigenvalue weighted by Gasteiger charge is 2.34. The van der Waals surface area contributed by atoms with Crippen LogP contribution in [-0.2, 0) is 11.3 Å². The summed E-state index contributed by atoms with van der Waals surface area (Å²) < 4.78 is 16.7. The van der Waals surface area contributed by atoms with Crippen molar-refractivity contribution in [2.24, 2.45) is 0 Å². The molecule has 0 spiro atoms. The van der Waals surface area contributed by atoms with Crippen LogP contribution in [0.15, 0.2) is 29.1 Å². The summed E-state index contributed by atoms with van der Waals surface area (Å²) in [6.45, 7) is 4.31. The summed E-state index contributed by atoms with van der Waals surface area (Å²) >= 11 is 3.19. The average Bonchev–Trinajstić information content (AvgIpc) is 3.36. The molecule has 13 heteroatoms. The fraction of sp³-hybridized carbons (Fsp3) is 0.545. The van der Waals surface area contributed by atoms with Gasteiger partial charge < -0.3 is 30.5 Å². The van der Waals surface area contributed by atoms with Gasteiger partial charge in [0.1, 0.15) is 12.0 Å². The third kappa shape index (κ3) is 5.80. The van der Waals surface area contributed by atoms with Crippen LogP contribution < -0.4 is 10.2 Å². The maximum atomic E-state index is 15.0. The Hall–Kier alpha value is -2.61. The molecule has 1 amide bonds. The van der Waals surface area contributed by atoms with Gasteiger partial charge in [-0.15, -0.1) is 0 Å². The molecular formula is C22H28BrFN6O5. The Bertz CT molecular complexity index is 1100. The number of β-amino-alcohol motifs (C(OH)–C–C–N with tert-alkyl or cyclic N) is 1. The lowest BCUT2D eigenvalue weighted by atomic mass is 9.95. The molecule has 2 aliphatic heterocycles. The predicted molar refractivity (Wildman–Crippen MR) is 129 cm³/mol. The number of benzene rings is 1. The van der Waals surface area contributed by atoms with E-state index in [1.807, 2.05) is 4.90 Å². The van der Waals surface area contributed by atoms with E-state index in [9.17, 15) is 29.5 Å². The van der Waals surface area contributed by atoms with Crippen LogP contribution in [0.5, 0.6) is 0 Å². The largest absolute Gasteiger partial charge is 0.394 e. The number of aliphatic hydroxyl groups excluding tert-OH is 1. The van der Waals surface area contributed by atoms with Crippen molar-refractivity contribution in [1.29, 1.82) is 0 Å². The quantitative estimate of drug-likeness (QED) is 0.327. The summed E-state index contributed by atoms with van der Waals surface area (Å²) in [6.07, 6.45) is 1.72. The number of imidazole rings is 1. The Morgan fingerprint density at radius 3 is 2.60 bits per heavy atom. The molecule has 0 radical (unpaired) electrons. The Morgan fingerprint density at radius 2 is 2.03 bits per heavy atom. The molecule has 1 aromatic carbocycles. The number of aliphatic hydroxyl groups is 2. The van der Waals surface area contributed by atoms with Crippen LogP contribution in [0.2, 0.25) is 0 Å². The van der Waals surface area contributed by atoms with Gasteiger partial charge in [0, 0.05) is 48.7 Å². The van der Waals surface area contributed by atoms with E-state index in [0.29, 0.717) is 50.4 Å². The van der Waals surface area contributed by atoms with Crippen molar-refractivity contribution in [3.63, 3.8) is 0 Å². The normalized spacial score (nSPS) is 22.8. The smallest absolute Gasteiger partial charge is 0.382 e. The maximum Gasteiger partial charge on any atom is 0.382 e. The highest BCUT2D eigenvalue weighted by atomic mass is 79.9. The van der Waals surface area contributed by atoms with Crippen molar-refractivity contribution in [3.8, 4) is 0 Å². The molecule has 190 valence electrons. The molecule has 3 N–H and O–H groups in total. The van der Waals surface area contributed by atoms with Gasteiger partial charge in [0.05, 0.1) is 36.4 Å². The molecule has 3 atom stereocenters. The molecule has 3 heterocycles. The minimum atomic E-state index is -1.17. The lowest BCUT2D eigenvalue weighted by Crippen LogP contribution is -2.52. The minimum absolute atomic E-state index is 0.122. The van der Waals surface area contributed by atoms with Crippen molar-refractivity contribution in [3.05, 3.63) is 50.6 Å². The molecule has 2 saturated heterocycles. The second kappa shape index (κ2) is 10.2. The lowest BCUT2D eigenvalue weighted by molar-refractivity contribution is -0.389. The molecule has 0 saturated carbocycles. The first kappa shape index (κ1) is 25.5. The van der Waals surface area contributed by atoms with Gasteiger partial charge >= 0.3 is 5.82 Å². The molecular weight excluding hydrogens is 527 g/mol. The molecule has 4 rings (SSSR count). The van der Waals surface area contributed by atoms with Crippen LogP contribution in [0.1, 0.15) is 24.8 Å². The topological polar surface area (TPSA) is 137 Å². The first-order chi connectivity index (χ1) is 16.6. The molecule has 35 heavy (non-hydrogen) atoms. The number of amides is 1. The van der Waals surface area contributed by atoms with E-state index >= 15 is 0 Å². The van der Waals surface area contributed by atoms with Gasteiger partial charge in [-0.25, -0.2) is 4.39 Å². The van der Waals surface area contributed by atoms with Crippen molar-refractivity contribution >= 4 is 33.3 Å². The summed E-state index contributed by atoms with van der Waals surface area (Å²) in [7, 11) is 0. The van der Waals surface area contributed by atoms with Gasteiger partial charge in [0.15, 0.2) is 0 Å². The van der Waals surface area contributed by atoms with Gasteiger partial charge in [-0.3, -0.25) is 14.3 Å². The second-order valence-electron chi connectivity index (χ2n) is 9.40. The molecule has 0 bridgehead atoms. The number of piperazine rings is 1. The standard InChI is InChI=1S/C22H28BrFN6O5/c1-22(33,13-29-10-19(30(34)35)26-21(29)23)12-27-4-6-28(7-5-27)18-3-2-14(8-17(18)24)16-9-15(11-31)25-20(16)32/h2-3,8,10,15-16,31,33H,4-7,9,11-13H2,1H3,(H,25,32). The Kier molecular flexibility index (Phi) is 7.40. The number of carbonyl (C=O) groups excluding carboxylic acids is 1. The van der Waals surface area contributed by atoms with E-state index < -0.39 is 22.3 Å². The van der Waals surface area contributed by atoms with Crippen molar-refractivity contribution in [1.82, 2.24) is 19.8 Å². The predicted octanol–water partition coefficient (Wildman–Crippen LogP) is 1.23. The first-order valence-electron chi connectivity index (χ1n) is 11.3. The van der Waals surface area contributed by atoms with Crippen molar-refractivity contribution < 1.29 is 24.3 Å². The molecule has 2 fully saturated rings. The number of hydrogen-bond donors (Lipinski definition) is 3. The second-order valence-corrected chi connectivity index (χ2v) is 10.1. The number of nitrogens with zero attached hydrogens (tertiary/aromatic N) is 5. The lowest BCUT2D eigenvalue weighted by Gasteiger charge is -2.39. The molecule has 1 aromatic heterocycles. The van der Waals surface area contributed by atoms with Gasteiger partial charge in [-0.05, 0) is 40.9 Å². The van der Waals surface area contributed by atoms with E-state index in [2.05, 4.69) is 31.1 Å². The summed E-state index contributed by atoms with van der Waals surface area (Å²) in [5, 5.41) is 33.8. The number of anilines is 1. The van der Waals surface area contributed by atoms with Gasteiger partial charge in [-0.1, -0.05) is 6.07 Å². The SMILES string of the molecule is CC(O)(CN1CCN(c2ccc(C3CC(CO)NC3=O)cc2F)CC1)Cn1cc([N+](=O)[O-])nc1Br. The molecule has 2 aromatic rings. The molecule has 3 unspecified atom stereocenters. The van der Waals surface area contributed by atoms with Crippen LogP contribution in [-0.4, -0.2) is 86.5 Å². The summed E-state index contributed by atoms with van der Waals surface area (Å²) in [4.78, 5) is 30.3. The van der Waals surface area contributed by atoms with Crippen LogP contribution >= 0.6 is 15.9 Å². The number of nitrogens with one attached hydrogen (secondary N) is 1. The number of carbonyl (C=O) groups is 1. The van der Waals surface area contributed by atoms with Crippen molar-refractivity contribution in [2.45, 2.75) is 37.5 Å².